The molecule has 0 fully saturated rings. The third-order valence-electron chi connectivity index (χ3n) is 0.699. The Bertz CT molecular complexity index is 239. The monoisotopic (exact) mass is 223 g/mol. The molecular weight excluding hydrogens is 217 g/mol. The zero-order chi connectivity index (χ0) is 9.07. The summed E-state index contributed by atoms with van der Waals surface area (Å²) in [6, 6.07) is -1.39. The average molecular weight is 223 g/mol. The summed E-state index contributed by atoms with van der Waals surface area (Å²) in [5.41, 5.74) is 4.87. The van der Waals surface area contributed by atoms with Gasteiger partial charge in [-0.25, -0.2) is 0 Å². The number of carbonyl (C=O) groups is 1. The van der Waals surface area contributed by atoms with Gasteiger partial charge in [0.05, 0.1) is 12.0 Å². The molecule has 0 saturated heterocycles. The third-order valence-corrected chi connectivity index (χ3v) is 2.79. The van der Waals surface area contributed by atoms with Crippen molar-refractivity contribution < 1.29 is 52.4 Å². The first-order chi connectivity index (χ1) is 4.83. The van der Waals surface area contributed by atoms with E-state index in [1.54, 1.807) is 0 Å². The Morgan fingerprint density at radius 1 is 1.67 bits per heavy atom. The van der Waals surface area contributed by atoms with Gasteiger partial charge >= 0.3 is 38.7 Å². The van der Waals surface area contributed by atoms with E-state index >= 15 is 0 Å². The van der Waals surface area contributed by atoms with E-state index in [0.29, 0.717) is 0 Å². The third kappa shape index (κ3) is 8.78. The first kappa shape index (κ1) is 15.2. The van der Waals surface area contributed by atoms with Crippen LogP contribution in [0.2, 0.25) is 0 Å². The van der Waals surface area contributed by atoms with Crippen LogP contribution in [0.25, 0.3) is 0 Å². The molecule has 0 spiro atoms. The summed E-state index contributed by atoms with van der Waals surface area (Å²) in [4.78, 5) is 9.89. The van der Waals surface area contributed by atoms with E-state index in [-0.39, 0.29) is 40.4 Å². The van der Waals surface area contributed by atoms with Crippen LogP contribution >= 0.6 is 10.8 Å². The van der Waals surface area contributed by atoms with Gasteiger partial charge in [-0.2, -0.15) is 8.42 Å². The summed E-state index contributed by atoms with van der Waals surface area (Å²) < 4.78 is 28.1. The normalized spacial score (nSPS) is 13.2. The SMILES string of the molecule is N[C@H](CSS(=O)(=O)O)C(=O)[O-].[Na+]. The standard InChI is InChI=1S/C3H7NO5S2.Na/c4-2(3(5)6)1-10-11(7,8)9;/h2H,1,4H2,(H,5,6)(H,7,8,9);/q;+1/p-1/t2-;/m1./s1. The fraction of sp³-hybridized carbons (Fsp3) is 0.667. The van der Waals surface area contributed by atoms with Crippen LogP contribution in [0.15, 0.2) is 0 Å². The molecule has 0 aromatic rings. The number of hydrogen-bond acceptors (Lipinski definition) is 6. The number of rotatable bonds is 4. The number of nitrogens with two attached hydrogens (primary N) is 1. The van der Waals surface area contributed by atoms with Crippen molar-refractivity contribution in [2.45, 2.75) is 6.04 Å². The van der Waals surface area contributed by atoms with Gasteiger partial charge in [0.25, 0.3) is 0 Å². The van der Waals surface area contributed by atoms with Crippen molar-refractivity contribution in [3.05, 3.63) is 0 Å². The molecule has 0 unspecified atom stereocenters. The summed E-state index contributed by atoms with van der Waals surface area (Å²) >= 11 is 0. The van der Waals surface area contributed by atoms with Gasteiger partial charge in [0.1, 0.15) is 0 Å². The number of carbonyl (C=O) groups excluding carboxylic acids is 1. The predicted molar refractivity (Wildman–Crippen MR) is 37.0 cm³/mol. The Morgan fingerprint density at radius 3 is 2.33 bits per heavy atom. The van der Waals surface area contributed by atoms with E-state index in [2.05, 4.69) is 0 Å². The minimum absolute atomic E-state index is 0. The van der Waals surface area contributed by atoms with E-state index in [9.17, 15) is 18.3 Å². The molecule has 0 bridgehead atoms. The van der Waals surface area contributed by atoms with Crippen molar-refractivity contribution in [2.24, 2.45) is 5.73 Å². The Balaban J connectivity index is 0. The van der Waals surface area contributed by atoms with Crippen molar-refractivity contribution in [1.82, 2.24) is 0 Å². The zero-order valence-electron chi connectivity index (χ0n) is 6.26. The van der Waals surface area contributed by atoms with Gasteiger partial charge in [0.2, 0.25) is 0 Å². The van der Waals surface area contributed by atoms with E-state index in [4.69, 9.17) is 10.3 Å². The van der Waals surface area contributed by atoms with Crippen LogP contribution in [0.5, 0.6) is 0 Å². The van der Waals surface area contributed by atoms with E-state index < -0.39 is 26.9 Å². The molecule has 0 radical (unpaired) electrons. The average Bonchev–Trinajstić information content (AvgIpc) is 1.80. The molecule has 0 saturated carbocycles. The van der Waals surface area contributed by atoms with Crippen molar-refractivity contribution in [3.63, 3.8) is 0 Å². The number of carboxylic acid groups (broad SMARTS) is 1. The summed E-state index contributed by atoms with van der Waals surface area (Å²) in [5, 5.41) is 9.89. The van der Waals surface area contributed by atoms with Gasteiger partial charge in [0, 0.05) is 5.75 Å². The van der Waals surface area contributed by atoms with Crippen molar-refractivity contribution in [3.8, 4) is 0 Å². The second-order valence-electron chi connectivity index (χ2n) is 1.64. The molecule has 6 nitrogen and oxygen atoms in total. The molecule has 0 aromatic heterocycles. The first-order valence-corrected chi connectivity index (χ1v) is 5.35. The molecule has 9 heteroatoms. The quantitative estimate of drug-likeness (QED) is 0.277. The second kappa shape index (κ2) is 6.19. The molecule has 1 atom stereocenters. The topological polar surface area (TPSA) is 121 Å². The number of aliphatic carboxylic acids is 1. The first-order valence-electron chi connectivity index (χ1n) is 2.41. The van der Waals surface area contributed by atoms with Gasteiger partial charge in [-0.3, -0.25) is 4.55 Å². The van der Waals surface area contributed by atoms with E-state index in [0.717, 1.165) is 0 Å². The fourth-order valence-corrected chi connectivity index (χ4v) is 1.64. The second-order valence-corrected chi connectivity index (χ2v) is 5.03. The molecule has 0 aliphatic carbocycles. The Hall–Kier alpha value is 0.690. The summed E-state index contributed by atoms with van der Waals surface area (Å²) in [5.74, 6) is -1.98. The Kier molecular flexibility index (Phi) is 7.83. The Labute approximate surface area is 95.3 Å². The maximum Gasteiger partial charge on any atom is 1.00 e. The molecule has 66 valence electrons. The minimum atomic E-state index is -4.21. The van der Waals surface area contributed by atoms with Crippen LogP contribution < -0.4 is 40.4 Å². The molecule has 3 N–H and O–H groups in total. The van der Waals surface area contributed by atoms with Crippen LogP contribution in [0.3, 0.4) is 0 Å². The Morgan fingerprint density at radius 2 is 2.08 bits per heavy atom. The molecule has 0 heterocycles. The molecular formula is C3H6NNaO5S2. The predicted octanol–water partition coefficient (Wildman–Crippen LogP) is -5.40. The largest absolute Gasteiger partial charge is 1.00 e. The number of carboxylic acids is 1. The van der Waals surface area contributed by atoms with Crippen molar-refractivity contribution in [2.75, 3.05) is 5.75 Å². The van der Waals surface area contributed by atoms with Gasteiger partial charge in [0.15, 0.2) is 0 Å². The molecule has 0 amide bonds. The van der Waals surface area contributed by atoms with Gasteiger partial charge < -0.3 is 15.6 Å². The molecule has 12 heavy (non-hydrogen) atoms. The van der Waals surface area contributed by atoms with Crippen LogP contribution in [-0.2, 0) is 13.9 Å². The number of hydrogen-bond donors (Lipinski definition) is 2. The van der Waals surface area contributed by atoms with Crippen molar-refractivity contribution >= 4 is 25.9 Å². The van der Waals surface area contributed by atoms with Gasteiger partial charge in [-0.1, -0.05) is 0 Å². The van der Waals surface area contributed by atoms with Crippen LogP contribution in [-0.4, -0.2) is 30.7 Å². The van der Waals surface area contributed by atoms with Crippen LogP contribution in [0.4, 0.5) is 0 Å². The maximum absolute atomic E-state index is 10.0. The van der Waals surface area contributed by atoms with Gasteiger partial charge in [-0.15, -0.1) is 0 Å². The molecule has 0 aromatic carbocycles. The zero-order valence-corrected chi connectivity index (χ0v) is 9.89. The van der Waals surface area contributed by atoms with Crippen LogP contribution in [0.1, 0.15) is 0 Å². The van der Waals surface area contributed by atoms with E-state index in [1.807, 2.05) is 0 Å². The van der Waals surface area contributed by atoms with Crippen LogP contribution in [0, 0.1) is 0 Å². The minimum Gasteiger partial charge on any atom is -0.548 e. The summed E-state index contributed by atoms with van der Waals surface area (Å²) in [6.45, 7) is 0. The summed E-state index contributed by atoms with van der Waals surface area (Å²) in [7, 11) is -4.16. The molecule has 0 aliphatic rings. The summed E-state index contributed by atoms with van der Waals surface area (Å²) in [6.07, 6.45) is 0. The molecule has 0 aliphatic heterocycles. The smallest absolute Gasteiger partial charge is 0.548 e. The van der Waals surface area contributed by atoms with E-state index in [1.165, 1.54) is 0 Å². The van der Waals surface area contributed by atoms with Gasteiger partial charge in [-0.05, 0) is 10.8 Å². The molecule has 0 rings (SSSR count). The maximum atomic E-state index is 10.0. The fourth-order valence-electron chi connectivity index (χ4n) is 0.227. The van der Waals surface area contributed by atoms with Crippen molar-refractivity contribution in [1.29, 1.82) is 0 Å².